The third-order valence-corrected chi connectivity index (χ3v) is 2.47. The molecule has 2 aromatic rings. The first kappa shape index (κ1) is 12.1. The van der Waals surface area contributed by atoms with E-state index in [9.17, 15) is 4.79 Å². The highest BCUT2D eigenvalue weighted by Gasteiger charge is 2.08. The monoisotopic (exact) mass is 246 g/mol. The van der Waals surface area contributed by atoms with E-state index in [1.54, 1.807) is 43.3 Å². The maximum Gasteiger partial charge on any atom is 0.243 e. The molecule has 1 amide bonds. The first-order chi connectivity index (χ1) is 8.56. The van der Waals surface area contributed by atoms with Crippen LogP contribution in [-0.4, -0.2) is 44.8 Å². The van der Waals surface area contributed by atoms with Crippen LogP contribution in [0.15, 0.2) is 30.7 Å². The van der Waals surface area contributed by atoms with Gasteiger partial charge in [0.05, 0.1) is 18.1 Å². The van der Waals surface area contributed by atoms with Crippen LogP contribution >= 0.6 is 0 Å². The first-order valence-electron chi connectivity index (χ1n) is 5.44. The SMILES string of the molecule is CN(C)C(=O)Cn1cc(-c2ccc(O)cn2)cn1. The summed E-state index contributed by atoms with van der Waals surface area (Å²) in [4.78, 5) is 17.1. The van der Waals surface area contributed by atoms with Gasteiger partial charge in [-0.15, -0.1) is 0 Å². The number of hydrogen-bond donors (Lipinski definition) is 1. The highest BCUT2D eigenvalue weighted by molar-refractivity contribution is 5.75. The van der Waals surface area contributed by atoms with Crippen LogP contribution in [0.25, 0.3) is 11.3 Å². The van der Waals surface area contributed by atoms with Gasteiger partial charge in [-0.25, -0.2) is 0 Å². The molecular formula is C12H14N4O2. The van der Waals surface area contributed by atoms with E-state index in [2.05, 4.69) is 10.1 Å². The Balaban J connectivity index is 2.15. The van der Waals surface area contributed by atoms with E-state index in [-0.39, 0.29) is 18.2 Å². The number of likely N-dealkylation sites (N-methyl/N-ethyl adjacent to an activating group) is 1. The number of aromatic nitrogens is 3. The molecule has 2 heterocycles. The van der Waals surface area contributed by atoms with Crippen molar-refractivity contribution >= 4 is 5.91 Å². The normalized spacial score (nSPS) is 10.3. The lowest BCUT2D eigenvalue weighted by Crippen LogP contribution is -2.26. The van der Waals surface area contributed by atoms with Crippen LogP contribution in [-0.2, 0) is 11.3 Å². The van der Waals surface area contributed by atoms with Gasteiger partial charge >= 0.3 is 0 Å². The number of aromatic hydroxyl groups is 1. The molecule has 0 fully saturated rings. The fraction of sp³-hybridized carbons (Fsp3) is 0.250. The third-order valence-electron chi connectivity index (χ3n) is 2.47. The minimum atomic E-state index is -0.0247. The zero-order chi connectivity index (χ0) is 13.1. The molecule has 18 heavy (non-hydrogen) atoms. The first-order valence-corrected chi connectivity index (χ1v) is 5.44. The summed E-state index contributed by atoms with van der Waals surface area (Å²) in [6.45, 7) is 0.199. The molecule has 0 aliphatic carbocycles. The second-order valence-electron chi connectivity index (χ2n) is 4.12. The van der Waals surface area contributed by atoms with Crippen LogP contribution in [0.5, 0.6) is 5.75 Å². The molecule has 0 saturated carbocycles. The van der Waals surface area contributed by atoms with Crippen LogP contribution in [0.1, 0.15) is 0 Å². The molecule has 0 unspecified atom stereocenters. The van der Waals surface area contributed by atoms with Gasteiger partial charge in [0.2, 0.25) is 5.91 Å². The summed E-state index contributed by atoms with van der Waals surface area (Å²) in [5.74, 6) is 0.0947. The quantitative estimate of drug-likeness (QED) is 0.867. The van der Waals surface area contributed by atoms with Gasteiger partial charge in [0.25, 0.3) is 0 Å². The summed E-state index contributed by atoms with van der Waals surface area (Å²) < 4.78 is 1.56. The second kappa shape index (κ2) is 4.87. The van der Waals surface area contributed by atoms with Crippen molar-refractivity contribution in [2.24, 2.45) is 0 Å². The van der Waals surface area contributed by atoms with Gasteiger partial charge < -0.3 is 10.0 Å². The Hall–Kier alpha value is -2.37. The van der Waals surface area contributed by atoms with Crippen molar-refractivity contribution in [2.75, 3.05) is 14.1 Å². The Morgan fingerprint density at radius 3 is 2.78 bits per heavy atom. The Morgan fingerprint density at radius 2 is 2.17 bits per heavy atom. The van der Waals surface area contributed by atoms with Crippen molar-refractivity contribution in [2.45, 2.75) is 6.54 Å². The van der Waals surface area contributed by atoms with Crippen molar-refractivity contribution in [3.05, 3.63) is 30.7 Å². The van der Waals surface area contributed by atoms with Crippen molar-refractivity contribution in [1.82, 2.24) is 19.7 Å². The Bertz CT molecular complexity index is 545. The summed E-state index contributed by atoms with van der Waals surface area (Å²) in [6, 6.07) is 3.26. The molecule has 2 rings (SSSR count). The predicted octanol–water partition coefficient (Wildman–Crippen LogP) is 0.739. The summed E-state index contributed by atoms with van der Waals surface area (Å²) in [5.41, 5.74) is 1.51. The lowest BCUT2D eigenvalue weighted by molar-refractivity contribution is -0.129. The van der Waals surface area contributed by atoms with Crippen LogP contribution in [0, 0.1) is 0 Å². The third kappa shape index (κ3) is 2.65. The minimum Gasteiger partial charge on any atom is -0.506 e. The van der Waals surface area contributed by atoms with Crippen LogP contribution in [0.2, 0.25) is 0 Å². The molecule has 0 atom stereocenters. The summed E-state index contributed by atoms with van der Waals surface area (Å²) >= 11 is 0. The number of hydrogen-bond acceptors (Lipinski definition) is 4. The zero-order valence-corrected chi connectivity index (χ0v) is 10.2. The molecule has 0 saturated heterocycles. The standard InChI is InChI=1S/C12H14N4O2/c1-15(2)12(18)8-16-7-9(5-14-16)11-4-3-10(17)6-13-11/h3-7,17H,8H2,1-2H3. The van der Waals surface area contributed by atoms with Gasteiger partial charge in [0.1, 0.15) is 12.3 Å². The van der Waals surface area contributed by atoms with E-state index in [0.717, 1.165) is 5.56 Å². The number of carbonyl (C=O) groups is 1. The molecule has 94 valence electrons. The van der Waals surface area contributed by atoms with Crippen molar-refractivity contribution < 1.29 is 9.90 Å². The van der Waals surface area contributed by atoms with Gasteiger partial charge in [-0.3, -0.25) is 14.5 Å². The molecule has 0 aliphatic rings. The largest absolute Gasteiger partial charge is 0.506 e. The van der Waals surface area contributed by atoms with E-state index in [0.29, 0.717) is 5.69 Å². The lowest BCUT2D eigenvalue weighted by atomic mass is 10.2. The minimum absolute atomic E-state index is 0.0247. The predicted molar refractivity (Wildman–Crippen MR) is 65.8 cm³/mol. The maximum atomic E-state index is 11.5. The lowest BCUT2D eigenvalue weighted by Gasteiger charge is -2.09. The molecule has 0 aromatic carbocycles. The Labute approximate surface area is 104 Å². The molecule has 6 nitrogen and oxygen atoms in total. The molecule has 6 heteroatoms. The van der Waals surface area contributed by atoms with Gasteiger partial charge in [0.15, 0.2) is 0 Å². The Kier molecular flexibility index (Phi) is 3.27. The van der Waals surface area contributed by atoms with E-state index in [4.69, 9.17) is 5.11 Å². The summed E-state index contributed by atoms with van der Waals surface area (Å²) in [6.07, 6.45) is 4.76. The van der Waals surface area contributed by atoms with Gasteiger partial charge in [-0.2, -0.15) is 5.10 Å². The van der Waals surface area contributed by atoms with Gasteiger partial charge in [0, 0.05) is 25.9 Å². The Morgan fingerprint density at radius 1 is 1.39 bits per heavy atom. The van der Waals surface area contributed by atoms with E-state index in [1.165, 1.54) is 11.1 Å². The average molecular weight is 246 g/mol. The molecular weight excluding hydrogens is 232 g/mol. The summed E-state index contributed by atoms with van der Waals surface area (Å²) in [7, 11) is 3.41. The molecule has 0 aliphatic heterocycles. The molecule has 0 bridgehead atoms. The van der Waals surface area contributed by atoms with Gasteiger partial charge in [-0.1, -0.05) is 0 Å². The smallest absolute Gasteiger partial charge is 0.243 e. The molecule has 0 radical (unpaired) electrons. The number of rotatable bonds is 3. The van der Waals surface area contributed by atoms with Crippen LogP contribution < -0.4 is 0 Å². The topological polar surface area (TPSA) is 71.2 Å². The van der Waals surface area contributed by atoms with Crippen LogP contribution in [0.3, 0.4) is 0 Å². The van der Waals surface area contributed by atoms with E-state index in [1.807, 2.05) is 0 Å². The molecule has 1 N–H and O–H groups in total. The fourth-order valence-corrected chi connectivity index (χ4v) is 1.42. The second-order valence-corrected chi connectivity index (χ2v) is 4.12. The maximum absolute atomic E-state index is 11.5. The zero-order valence-electron chi connectivity index (χ0n) is 10.2. The number of amides is 1. The van der Waals surface area contributed by atoms with Crippen molar-refractivity contribution in [3.8, 4) is 17.0 Å². The highest BCUT2D eigenvalue weighted by atomic mass is 16.3. The molecule has 0 spiro atoms. The highest BCUT2D eigenvalue weighted by Crippen LogP contribution is 2.17. The number of nitrogens with zero attached hydrogens (tertiary/aromatic N) is 4. The fourth-order valence-electron chi connectivity index (χ4n) is 1.42. The van der Waals surface area contributed by atoms with E-state index < -0.39 is 0 Å². The average Bonchev–Trinajstić information content (AvgIpc) is 2.78. The van der Waals surface area contributed by atoms with Crippen LogP contribution in [0.4, 0.5) is 0 Å². The number of carbonyl (C=O) groups excluding carboxylic acids is 1. The van der Waals surface area contributed by atoms with Crippen molar-refractivity contribution in [3.63, 3.8) is 0 Å². The number of pyridine rings is 1. The molecule has 2 aromatic heterocycles. The van der Waals surface area contributed by atoms with Gasteiger partial charge in [-0.05, 0) is 12.1 Å². The van der Waals surface area contributed by atoms with E-state index >= 15 is 0 Å². The van der Waals surface area contributed by atoms with Crippen molar-refractivity contribution in [1.29, 1.82) is 0 Å². The summed E-state index contributed by atoms with van der Waals surface area (Å²) in [5, 5.41) is 13.3.